The fraction of sp³-hybridized carbons (Fsp3) is 0.600. The molecule has 0 aromatic rings. The van der Waals surface area contributed by atoms with Crippen LogP contribution in [0.5, 0.6) is 0 Å². The molecule has 1 fully saturated rings. The molecule has 0 aliphatic carbocycles. The number of hydrogen-bond acceptors (Lipinski definition) is 2. The molecule has 0 saturated carbocycles. The van der Waals surface area contributed by atoms with Gasteiger partial charge in [-0.05, 0) is 20.9 Å². The van der Waals surface area contributed by atoms with Gasteiger partial charge in [-0.3, -0.25) is 0 Å². The number of rotatable bonds is 1. The van der Waals surface area contributed by atoms with Crippen molar-refractivity contribution in [3.63, 3.8) is 0 Å². The van der Waals surface area contributed by atoms with Crippen molar-refractivity contribution < 1.29 is 20.4 Å². The predicted octanol–water partition coefficient (Wildman–Crippen LogP) is 4.49. The van der Waals surface area contributed by atoms with Crippen LogP contribution in [-0.2, 0) is 20.4 Å². The summed E-state index contributed by atoms with van der Waals surface area (Å²) in [6.07, 6.45) is 10.0. The summed E-state index contributed by atoms with van der Waals surface area (Å²) in [5.41, 5.74) is 25.7. The maximum atomic E-state index is 6.86. The molecule has 1 saturated heterocycles. The van der Waals surface area contributed by atoms with Crippen LogP contribution in [-0.4, -0.2) is 19.1 Å². The van der Waals surface area contributed by atoms with Gasteiger partial charge in [-0.15, -0.1) is 36.3 Å². The summed E-state index contributed by atoms with van der Waals surface area (Å²) >= 11 is 0. The molecule has 8 nitrogen and oxygen atoms in total. The number of piperidine rings is 1. The van der Waals surface area contributed by atoms with E-state index in [0.717, 1.165) is 13.1 Å². The summed E-state index contributed by atoms with van der Waals surface area (Å²) in [7, 11) is 0. The maximum Gasteiger partial charge on any atom is 0 e. The molecule has 108 valence electrons. The molecule has 2 heterocycles. The van der Waals surface area contributed by atoms with Gasteiger partial charge in [-0.25, -0.2) is 0 Å². The van der Waals surface area contributed by atoms with E-state index >= 15 is 0 Å². The van der Waals surface area contributed by atoms with Crippen molar-refractivity contribution in [1.29, 1.82) is 11.1 Å². The van der Waals surface area contributed by atoms with Crippen molar-refractivity contribution in [2.45, 2.75) is 25.3 Å². The van der Waals surface area contributed by atoms with Crippen molar-refractivity contribution in [2.75, 3.05) is 13.1 Å². The molecule has 0 radical (unpaired) electrons. The van der Waals surface area contributed by atoms with Crippen molar-refractivity contribution in [3.05, 3.63) is 55.4 Å². The van der Waals surface area contributed by atoms with E-state index in [1.165, 1.54) is 25.0 Å². The van der Waals surface area contributed by atoms with Crippen LogP contribution >= 0.6 is 0 Å². The van der Waals surface area contributed by atoms with Gasteiger partial charge in [0.2, 0.25) is 0 Å². The standard InChI is InChI=1S/C10H14N2.2HN3.Pd/c1-3-7-11-9(5-1)10-6-2-4-8-12-10;2*1-3-2;/h1,3,5,10H,2,4,6-8H2;2*1H;/q-2;;;. The summed E-state index contributed by atoms with van der Waals surface area (Å²) in [4.78, 5) is 3.50. The van der Waals surface area contributed by atoms with Gasteiger partial charge in [0, 0.05) is 20.4 Å². The second-order valence-corrected chi connectivity index (χ2v) is 3.48. The molecule has 2 aliphatic rings. The van der Waals surface area contributed by atoms with Crippen molar-refractivity contribution in [1.82, 2.24) is 0 Å². The Bertz CT molecular complexity index is 335. The molecule has 2 aliphatic heterocycles. The van der Waals surface area contributed by atoms with E-state index in [-0.39, 0.29) is 20.4 Å². The van der Waals surface area contributed by atoms with E-state index in [4.69, 9.17) is 22.1 Å². The molecule has 2 rings (SSSR count). The summed E-state index contributed by atoms with van der Waals surface area (Å²) in [6.45, 7) is 1.87. The number of nitrogens with one attached hydrogen (secondary N) is 2. The molecule has 0 spiro atoms. The van der Waals surface area contributed by atoms with E-state index in [1.807, 2.05) is 0 Å². The van der Waals surface area contributed by atoms with Gasteiger partial charge >= 0.3 is 0 Å². The first-order chi connectivity index (χ1) is 8.79. The van der Waals surface area contributed by atoms with Gasteiger partial charge in [0.1, 0.15) is 0 Å². The van der Waals surface area contributed by atoms with Gasteiger partial charge < -0.3 is 10.6 Å². The fourth-order valence-electron chi connectivity index (χ4n) is 1.68. The van der Waals surface area contributed by atoms with Gasteiger partial charge in [0.05, 0.1) is 0 Å². The van der Waals surface area contributed by atoms with Crippen LogP contribution in [0.15, 0.2) is 23.9 Å². The Balaban J connectivity index is 0. The Morgan fingerprint density at radius 2 is 1.84 bits per heavy atom. The first-order valence-electron chi connectivity index (χ1n) is 5.52. The van der Waals surface area contributed by atoms with Crippen LogP contribution in [0.1, 0.15) is 19.3 Å². The molecule has 1 atom stereocenters. The largest absolute Gasteiger partial charge is 0.686 e. The van der Waals surface area contributed by atoms with Gasteiger partial charge in [-0.2, -0.15) is 5.70 Å². The predicted molar refractivity (Wildman–Crippen MR) is 70.2 cm³/mol. The van der Waals surface area contributed by atoms with E-state index in [2.05, 4.69) is 28.9 Å². The van der Waals surface area contributed by atoms with Crippen LogP contribution in [0.3, 0.4) is 0 Å². The second kappa shape index (κ2) is 14.6. The molecule has 0 aromatic carbocycles. The van der Waals surface area contributed by atoms with Crippen LogP contribution in [0, 0.1) is 11.1 Å². The first kappa shape index (κ1) is 19.9. The molecule has 9 heteroatoms. The molecule has 0 aromatic heterocycles. The van der Waals surface area contributed by atoms with Crippen molar-refractivity contribution in [2.24, 2.45) is 0 Å². The Hall–Kier alpha value is -1.48. The zero-order valence-corrected chi connectivity index (χ0v) is 11.9. The van der Waals surface area contributed by atoms with Crippen molar-refractivity contribution >= 4 is 0 Å². The minimum atomic E-state index is 0. The van der Waals surface area contributed by atoms with E-state index < -0.39 is 0 Å². The molecule has 2 N–H and O–H groups in total. The smallest absolute Gasteiger partial charge is 0 e. The Morgan fingerprint density at radius 3 is 2.26 bits per heavy atom. The fourth-order valence-corrected chi connectivity index (χ4v) is 1.68. The van der Waals surface area contributed by atoms with Crippen LogP contribution < -0.4 is 0 Å². The van der Waals surface area contributed by atoms with E-state index in [9.17, 15) is 0 Å². The zero-order valence-electron chi connectivity index (χ0n) is 10.3. The number of allylic oxidation sites excluding steroid dienone is 2. The average Bonchev–Trinajstić information content (AvgIpc) is 2.43. The first-order valence-corrected chi connectivity index (χ1v) is 5.52. The second-order valence-electron chi connectivity index (χ2n) is 3.48. The van der Waals surface area contributed by atoms with Crippen LogP contribution in [0.25, 0.3) is 31.5 Å². The third-order valence-electron chi connectivity index (χ3n) is 2.36. The van der Waals surface area contributed by atoms with Gasteiger partial charge in [0.25, 0.3) is 0 Å². The molecule has 0 bridgehead atoms. The van der Waals surface area contributed by atoms with Crippen molar-refractivity contribution in [3.8, 4) is 0 Å². The summed E-state index contributed by atoms with van der Waals surface area (Å²) in [6, 6.07) is 0.406. The Kier molecular flexibility index (Phi) is 15.2. The number of nitrogens with zero attached hydrogens (tertiary/aromatic N) is 6. The van der Waals surface area contributed by atoms with Crippen LogP contribution in [0.2, 0.25) is 0 Å². The maximum absolute atomic E-state index is 6.86. The summed E-state index contributed by atoms with van der Waals surface area (Å²) in [5.74, 6) is 0. The van der Waals surface area contributed by atoms with Crippen LogP contribution in [0.4, 0.5) is 0 Å². The normalized spacial score (nSPS) is 19.4. The average molecular weight is 355 g/mol. The minimum absolute atomic E-state index is 0. The monoisotopic (exact) mass is 354 g/mol. The third kappa shape index (κ3) is 10.2. The molecule has 19 heavy (non-hydrogen) atoms. The molecule has 1 unspecified atom stereocenters. The minimum Gasteiger partial charge on any atom is -0.686 e. The Morgan fingerprint density at radius 1 is 1.21 bits per heavy atom. The van der Waals surface area contributed by atoms with Gasteiger partial charge in [-0.1, -0.05) is 31.4 Å². The summed E-state index contributed by atoms with van der Waals surface area (Å²) in [5, 5.41) is 8.99. The van der Waals surface area contributed by atoms with Gasteiger partial charge in [0.15, 0.2) is 0 Å². The molecule has 0 amide bonds. The molecular formula is C10H16N8Pd-2. The SMILES string of the molecule is C1=CC[N-]C(C2CCCC[N-]2)=C1.[N-]=[N+]=N.[N-]=[N+]=N.[Pd]. The number of hydrogen-bond donors (Lipinski definition) is 2. The third-order valence-corrected chi connectivity index (χ3v) is 2.36. The quantitative estimate of drug-likeness (QED) is 0.295. The summed E-state index contributed by atoms with van der Waals surface area (Å²) < 4.78 is 0. The topological polar surface area (TPSA) is 149 Å². The zero-order chi connectivity index (χ0) is 13.6. The molecular weight excluding hydrogens is 339 g/mol. The van der Waals surface area contributed by atoms with E-state index in [1.54, 1.807) is 9.82 Å². The van der Waals surface area contributed by atoms with E-state index in [0.29, 0.717) is 6.04 Å². The Labute approximate surface area is 125 Å².